The molecular weight excluding hydrogens is 218 g/mol. The Hall–Kier alpha value is -1.08. The van der Waals surface area contributed by atoms with E-state index < -0.39 is 0 Å². The molecule has 0 radical (unpaired) electrons. The third-order valence-electron chi connectivity index (χ3n) is 4.21. The monoisotopic (exact) mass is 243 g/mol. The average Bonchev–Trinajstić information content (AvgIpc) is 2.39. The van der Waals surface area contributed by atoms with Gasteiger partial charge in [0.15, 0.2) is 0 Å². The molecule has 0 spiro atoms. The van der Waals surface area contributed by atoms with Crippen LogP contribution >= 0.6 is 0 Å². The lowest BCUT2D eigenvalue weighted by molar-refractivity contribution is 0.320. The summed E-state index contributed by atoms with van der Waals surface area (Å²) in [5, 5.41) is 3.52. The molecule has 2 atom stereocenters. The van der Waals surface area contributed by atoms with E-state index in [-0.39, 0.29) is 0 Å². The van der Waals surface area contributed by atoms with E-state index in [0.717, 1.165) is 12.3 Å². The van der Waals surface area contributed by atoms with Crippen LogP contribution in [0.15, 0.2) is 36.4 Å². The van der Waals surface area contributed by atoms with Crippen LogP contribution in [0.1, 0.15) is 37.3 Å². The smallest absolute Gasteiger partial charge is 0.00986 e. The van der Waals surface area contributed by atoms with Crippen molar-refractivity contribution in [2.45, 2.75) is 45.1 Å². The van der Waals surface area contributed by atoms with Gasteiger partial charge >= 0.3 is 0 Å². The zero-order valence-electron chi connectivity index (χ0n) is 11.7. The van der Waals surface area contributed by atoms with Crippen molar-refractivity contribution in [3.8, 4) is 0 Å². The summed E-state index contributed by atoms with van der Waals surface area (Å²) in [5.74, 6) is 0.782. The first-order valence-electron chi connectivity index (χ1n) is 7.09. The molecule has 1 aromatic carbocycles. The van der Waals surface area contributed by atoms with Gasteiger partial charge in [0, 0.05) is 6.04 Å². The second kappa shape index (κ2) is 6.19. The number of nitrogens with one attached hydrogen (secondary N) is 1. The molecule has 0 saturated carbocycles. The SMILES string of the molecule is C=C(C)CCC(NC)C1CCc2ccccc2C1. The summed E-state index contributed by atoms with van der Waals surface area (Å²) in [4.78, 5) is 0. The molecular formula is C17H25N. The van der Waals surface area contributed by atoms with Crippen LogP contribution in [-0.4, -0.2) is 13.1 Å². The van der Waals surface area contributed by atoms with E-state index in [9.17, 15) is 0 Å². The minimum absolute atomic E-state index is 0.634. The molecule has 2 unspecified atom stereocenters. The van der Waals surface area contributed by atoms with E-state index in [1.54, 1.807) is 11.1 Å². The Kier molecular flexibility index (Phi) is 4.60. The van der Waals surface area contributed by atoms with Crippen molar-refractivity contribution in [3.05, 3.63) is 47.5 Å². The Morgan fingerprint density at radius 1 is 1.39 bits per heavy atom. The lowest BCUT2D eigenvalue weighted by Crippen LogP contribution is -2.36. The predicted octanol–water partition coefficient (Wildman–Crippen LogP) is 3.74. The van der Waals surface area contributed by atoms with Crippen molar-refractivity contribution in [2.75, 3.05) is 7.05 Å². The standard InChI is InChI=1S/C17H25N/c1-13(2)8-11-17(18-3)16-10-9-14-6-4-5-7-15(14)12-16/h4-7,16-18H,1,8-12H2,2-3H3. The molecule has 2 rings (SSSR count). The summed E-state index contributed by atoms with van der Waals surface area (Å²) in [5.41, 5.74) is 4.42. The highest BCUT2D eigenvalue weighted by molar-refractivity contribution is 5.30. The van der Waals surface area contributed by atoms with Crippen LogP contribution in [0, 0.1) is 5.92 Å². The van der Waals surface area contributed by atoms with Gasteiger partial charge in [-0.05, 0) is 63.1 Å². The van der Waals surface area contributed by atoms with Gasteiger partial charge in [-0.2, -0.15) is 0 Å². The van der Waals surface area contributed by atoms with Crippen molar-refractivity contribution >= 4 is 0 Å². The molecule has 0 amide bonds. The first kappa shape index (κ1) is 13.4. The van der Waals surface area contributed by atoms with Gasteiger partial charge in [-0.1, -0.05) is 29.8 Å². The maximum Gasteiger partial charge on any atom is 0.00986 e. The van der Waals surface area contributed by atoms with Gasteiger partial charge in [-0.25, -0.2) is 0 Å². The summed E-state index contributed by atoms with van der Waals surface area (Å²) in [6, 6.07) is 9.55. The van der Waals surface area contributed by atoms with Crippen LogP contribution in [0.4, 0.5) is 0 Å². The van der Waals surface area contributed by atoms with E-state index in [2.05, 4.69) is 50.1 Å². The van der Waals surface area contributed by atoms with Crippen molar-refractivity contribution < 1.29 is 0 Å². The molecule has 1 aliphatic rings. The molecule has 18 heavy (non-hydrogen) atoms. The number of fused-ring (bicyclic) bond motifs is 1. The molecule has 1 N–H and O–H groups in total. The van der Waals surface area contributed by atoms with E-state index in [4.69, 9.17) is 0 Å². The van der Waals surface area contributed by atoms with Crippen LogP contribution in [0.3, 0.4) is 0 Å². The third kappa shape index (κ3) is 3.23. The van der Waals surface area contributed by atoms with Crippen molar-refractivity contribution in [1.29, 1.82) is 0 Å². The lowest BCUT2D eigenvalue weighted by atomic mass is 9.78. The summed E-state index contributed by atoms with van der Waals surface area (Å²) in [7, 11) is 2.10. The zero-order chi connectivity index (χ0) is 13.0. The molecule has 98 valence electrons. The van der Waals surface area contributed by atoms with E-state index in [1.807, 2.05) is 0 Å². The fraction of sp³-hybridized carbons (Fsp3) is 0.529. The number of benzene rings is 1. The van der Waals surface area contributed by atoms with Crippen LogP contribution in [0.2, 0.25) is 0 Å². The first-order valence-corrected chi connectivity index (χ1v) is 7.09. The average molecular weight is 243 g/mol. The minimum Gasteiger partial charge on any atom is -0.317 e. The quantitative estimate of drug-likeness (QED) is 0.777. The van der Waals surface area contributed by atoms with E-state index in [0.29, 0.717) is 6.04 Å². The second-order valence-corrected chi connectivity index (χ2v) is 5.66. The Morgan fingerprint density at radius 3 is 2.78 bits per heavy atom. The maximum absolute atomic E-state index is 4.01. The molecule has 1 aromatic rings. The van der Waals surface area contributed by atoms with Gasteiger partial charge in [0.1, 0.15) is 0 Å². The van der Waals surface area contributed by atoms with Gasteiger partial charge in [0.05, 0.1) is 0 Å². The summed E-state index contributed by atoms with van der Waals surface area (Å²) < 4.78 is 0. The van der Waals surface area contributed by atoms with E-state index >= 15 is 0 Å². The predicted molar refractivity (Wildman–Crippen MR) is 78.9 cm³/mol. The zero-order valence-corrected chi connectivity index (χ0v) is 11.7. The second-order valence-electron chi connectivity index (χ2n) is 5.66. The molecule has 1 heteroatoms. The highest BCUT2D eigenvalue weighted by atomic mass is 14.9. The number of hydrogen-bond acceptors (Lipinski definition) is 1. The third-order valence-corrected chi connectivity index (χ3v) is 4.21. The number of rotatable bonds is 5. The van der Waals surface area contributed by atoms with Crippen LogP contribution in [-0.2, 0) is 12.8 Å². The Bertz CT molecular complexity index is 408. The molecule has 0 bridgehead atoms. The fourth-order valence-electron chi connectivity index (χ4n) is 3.09. The fourth-order valence-corrected chi connectivity index (χ4v) is 3.09. The van der Waals surface area contributed by atoms with Crippen LogP contribution in [0.25, 0.3) is 0 Å². The van der Waals surface area contributed by atoms with Gasteiger partial charge in [0.25, 0.3) is 0 Å². The van der Waals surface area contributed by atoms with Gasteiger partial charge in [0.2, 0.25) is 0 Å². The summed E-state index contributed by atoms with van der Waals surface area (Å²) in [6.07, 6.45) is 6.16. The molecule has 1 aliphatic carbocycles. The van der Waals surface area contributed by atoms with Crippen molar-refractivity contribution in [3.63, 3.8) is 0 Å². The van der Waals surface area contributed by atoms with Crippen LogP contribution in [0.5, 0.6) is 0 Å². The number of aryl methyl sites for hydroxylation is 1. The minimum atomic E-state index is 0.634. The molecule has 0 saturated heterocycles. The van der Waals surface area contributed by atoms with Gasteiger partial charge in [-0.15, -0.1) is 6.58 Å². The van der Waals surface area contributed by atoms with Gasteiger partial charge < -0.3 is 5.32 Å². The topological polar surface area (TPSA) is 12.0 Å². The molecule has 0 aromatic heterocycles. The molecule has 0 heterocycles. The number of allylic oxidation sites excluding steroid dienone is 1. The highest BCUT2D eigenvalue weighted by Gasteiger charge is 2.24. The highest BCUT2D eigenvalue weighted by Crippen LogP contribution is 2.29. The molecule has 0 aliphatic heterocycles. The Labute approximate surface area is 111 Å². The van der Waals surface area contributed by atoms with Gasteiger partial charge in [-0.3, -0.25) is 0 Å². The molecule has 0 fully saturated rings. The largest absolute Gasteiger partial charge is 0.317 e. The first-order chi connectivity index (χ1) is 8.70. The molecule has 1 nitrogen and oxygen atoms in total. The summed E-state index contributed by atoms with van der Waals surface area (Å²) >= 11 is 0. The normalized spacial score (nSPS) is 20.2. The van der Waals surface area contributed by atoms with Crippen LogP contribution < -0.4 is 5.32 Å². The summed E-state index contributed by atoms with van der Waals surface area (Å²) in [6.45, 7) is 6.14. The number of hydrogen-bond donors (Lipinski definition) is 1. The van der Waals surface area contributed by atoms with Crippen molar-refractivity contribution in [2.24, 2.45) is 5.92 Å². The lowest BCUT2D eigenvalue weighted by Gasteiger charge is -2.31. The maximum atomic E-state index is 4.01. The van der Waals surface area contributed by atoms with E-state index in [1.165, 1.54) is 31.3 Å². The Balaban J connectivity index is 2.00. The van der Waals surface area contributed by atoms with Crippen molar-refractivity contribution in [1.82, 2.24) is 5.32 Å². The Morgan fingerprint density at radius 2 is 2.11 bits per heavy atom.